The summed E-state index contributed by atoms with van der Waals surface area (Å²) in [5.74, 6) is -1.18. The molecular formula is C20H15ClF2N4O. The zero-order valence-electron chi connectivity index (χ0n) is 14.9. The number of aryl methyl sites for hydroxylation is 1. The largest absolute Gasteiger partial charge is 0.315 e. The summed E-state index contributed by atoms with van der Waals surface area (Å²) in [6.45, 7) is 2.45. The maximum absolute atomic E-state index is 14.2. The number of hydrogen-bond donors (Lipinski definition) is 0. The standard InChI is InChI=1S/C20H15ClF2N4O/c1-2-26-11-24-18-19(26)25-17(10-14-15(22)4-3-5-16(14)23)27(20(18)28)13-8-6-12(21)7-9-13/h3-9,11H,2,10H2,1H3. The van der Waals surface area contributed by atoms with E-state index in [9.17, 15) is 13.6 Å². The first kappa shape index (κ1) is 18.3. The summed E-state index contributed by atoms with van der Waals surface area (Å²) < 4.78 is 31.5. The highest BCUT2D eigenvalue weighted by molar-refractivity contribution is 6.30. The van der Waals surface area contributed by atoms with E-state index >= 15 is 0 Å². The molecular weight excluding hydrogens is 386 g/mol. The van der Waals surface area contributed by atoms with E-state index in [0.29, 0.717) is 22.9 Å². The first-order valence-electron chi connectivity index (χ1n) is 8.65. The summed E-state index contributed by atoms with van der Waals surface area (Å²) >= 11 is 5.95. The molecule has 0 saturated heterocycles. The van der Waals surface area contributed by atoms with Crippen molar-refractivity contribution in [2.75, 3.05) is 0 Å². The molecule has 28 heavy (non-hydrogen) atoms. The molecule has 0 fully saturated rings. The first-order chi connectivity index (χ1) is 13.5. The molecule has 0 spiro atoms. The fourth-order valence-corrected chi connectivity index (χ4v) is 3.23. The number of imidazole rings is 1. The Morgan fingerprint density at radius 1 is 1.07 bits per heavy atom. The summed E-state index contributed by atoms with van der Waals surface area (Å²) in [7, 11) is 0. The van der Waals surface area contributed by atoms with Crippen LogP contribution in [0.2, 0.25) is 5.02 Å². The monoisotopic (exact) mass is 400 g/mol. The molecule has 2 heterocycles. The minimum atomic E-state index is -0.694. The fourth-order valence-electron chi connectivity index (χ4n) is 3.11. The highest BCUT2D eigenvalue weighted by atomic mass is 35.5. The maximum atomic E-state index is 14.2. The second kappa shape index (κ2) is 7.16. The van der Waals surface area contributed by atoms with Gasteiger partial charge in [-0.3, -0.25) is 9.36 Å². The summed E-state index contributed by atoms with van der Waals surface area (Å²) in [6.07, 6.45) is 1.33. The van der Waals surface area contributed by atoms with Gasteiger partial charge in [-0.05, 0) is 43.3 Å². The Morgan fingerprint density at radius 2 is 1.75 bits per heavy atom. The normalized spacial score (nSPS) is 11.3. The van der Waals surface area contributed by atoms with Crippen molar-refractivity contribution in [1.82, 2.24) is 19.1 Å². The average Bonchev–Trinajstić information content (AvgIpc) is 3.09. The molecule has 0 atom stereocenters. The average molecular weight is 401 g/mol. The van der Waals surface area contributed by atoms with Gasteiger partial charge in [-0.1, -0.05) is 17.7 Å². The van der Waals surface area contributed by atoms with Crippen molar-refractivity contribution in [2.45, 2.75) is 19.9 Å². The second-order valence-corrected chi connectivity index (χ2v) is 6.66. The van der Waals surface area contributed by atoms with Crippen LogP contribution in [-0.4, -0.2) is 19.1 Å². The maximum Gasteiger partial charge on any atom is 0.286 e. The van der Waals surface area contributed by atoms with Crippen LogP contribution in [0.3, 0.4) is 0 Å². The number of benzene rings is 2. The fraction of sp³-hybridized carbons (Fsp3) is 0.150. The van der Waals surface area contributed by atoms with E-state index < -0.39 is 17.2 Å². The van der Waals surface area contributed by atoms with Crippen LogP contribution < -0.4 is 5.56 Å². The van der Waals surface area contributed by atoms with Crippen LogP contribution in [0.5, 0.6) is 0 Å². The molecule has 0 bridgehead atoms. The number of fused-ring (bicyclic) bond motifs is 1. The molecule has 0 unspecified atom stereocenters. The van der Waals surface area contributed by atoms with Crippen LogP contribution in [0.25, 0.3) is 16.9 Å². The van der Waals surface area contributed by atoms with Crippen LogP contribution in [0, 0.1) is 11.6 Å². The van der Waals surface area contributed by atoms with Gasteiger partial charge in [-0.15, -0.1) is 0 Å². The lowest BCUT2D eigenvalue weighted by Crippen LogP contribution is -2.25. The number of rotatable bonds is 4. The predicted molar refractivity (Wildman–Crippen MR) is 103 cm³/mol. The SMILES string of the molecule is CCn1cnc2c(=O)n(-c3ccc(Cl)cc3)c(Cc3c(F)cccc3F)nc21. The zero-order valence-corrected chi connectivity index (χ0v) is 15.6. The minimum absolute atomic E-state index is 0.154. The van der Waals surface area contributed by atoms with Gasteiger partial charge in [0.25, 0.3) is 5.56 Å². The van der Waals surface area contributed by atoms with E-state index in [-0.39, 0.29) is 23.3 Å². The van der Waals surface area contributed by atoms with Crippen molar-refractivity contribution in [2.24, 2.45) is 0 Å². The van der Waals surface area contributed by atoms with Crippen molar-refractivity contribution in [3.05, 3.63) is 87.2 Å². The molecule has 0 aliphatic heterocycles. The van der Waals surface area contributed by atoms with E-state index in [1.807, 2.05) is 6.92 Å². The van der Waals surface area contributed by atoms with Gasteiger partial charge in [0.2, 0.25) is 0 Å². The molecule has 0 aliphatic rings. The van der Waals surface area contributed by atoms with E-state index in [4.69, 9.17) is 11.6 Å². The van der Waals surface area contributed by atoms with Gasteiger partial charge < -0.3 is 4.57 Å². The summed E-state index contributed by atoms with van der Waals surface area (Å²) in [5, 5.41) is 0.503. The van der Waals surface area contributed by atoms with Crippen molar-refractivity contribution >= 4 is 22.8 Å². The van der Waals surface area contributed by atoms with Crippen LogP contribution >= 0.6 is 11.6 Å². The third-order valence-corrected chi connectivity index (χ3v) is 4.78. The Morgan fingerprint density at radius 3 is 2.39 bits per heavy atom. The predicted octanol–water partition coefficient (Wildman–Crippen LogP) is 4.12. The Labute approximate surface area is 163 Å². The van der Waals surface area contributed by atoms with Crippen molar-refractivity contribution < 1.29 is 8.78 Å². The second-order valence-electron chi connectivity index (χ2n) is 6.22. The van der Waals surface area contributed by atoms with E-state index in [0.717, 1.165) is 0 Å². The molecule has 0 saturated carbocycles. The van der Waals surface area contributed by atoms with Gasteiger partial charge in [0.15, 0.2) is 11.2 Å². The molecule has 0 aliphatic carbocycles. The zero-order chi connectivity index (χ0) is 19.8. The lowest BCUT2D eigenvalue weighted by Gasteiger charge is -2.14. The Hall–Kier alpha value is -3.06. The molecule has 0 N–H and O–H groups in total. The highest BCUT2D eigenvalue weighted by Crippen LogP contribution is 2.20. The Bertz CT molecular complexity index is 1210. The molecule has 5 nitrogen and oxygen atoms in total. The third kappa shape index (κ3) is 3.07. The molecule has 8 heteroatoms. The van der Waals surface area contributed by atoms with Crippen LogP contribution in [0.15, 0.2) is 53.6 Å². The summed E-state index contributed by atoms with van der Waals surface area (Å²) in [4.78, 5) is 21.9. The smallest absolute Gasteiger partial charge is 0.286 e. The number of nitrogens with zero attached hydrogens (tertiary/aromatic N) is 4. The number of halogens is 3. The van der Waals surface area contributed by atoms with E-state index in [1.165, 1.54) is 29.1 Å². The summed E-state index contributed by atoms with van der Waals surface area (Å²) in [6, 6.07) is 10.2. The van der Waals surface area contributed by atoms with Gasteiger partial charge >= 0.3 is 0 Å². The minimum Gasteiger partial charge on any atom is -0.315 e. The molecule has 2 aromatic carbocycles. The van der Waals surface area contributed by atoms with Crippen LogP contribution in [0.4, 0.5) is 8.78 Å². The molecule has 142 valence electrons. The number of hydrogen-bond acceptors (Lipinski definition) is 3. The topological polar surface area (TPSA) is 52.7 Å². The molecule has 4 rings (SSSR count). The number of aromatic nitrogens is 4. The van der Waals surface area contributed by atoms with Gasteiger partial charge in [0.05, 0.1) is 12.0 Å². The third-order valence-electron chi connectivity index (χ3n) is 4.53. The van der Waals surface area contributed by atoms with Crippen LogP contribution in [-0.2, 0) is 13.0 Å². The Kier molecular flexibility index (Phi) is 4.68. The van der Waals surface area contributed by atoms with Gasteiger partial charge in [-0.25, -0.2) is 18.7 Å². The Balaban J connectivity index is 2.00. The van der Waals surface area contributed by atoms with Crippen molar-refractivity contribution in [3.8, 4) is 5.69 Å². The molecule has 2 aromatic heterocycles. The van der Waals surface area contributed by atoms with Gasteiger partial charge in [0, 0.05) is 23.6 Å². The first-order valence-corrected chi connectivity index (χ1v) is 9.03. The van der Waals surface area contributed by atoms with Crippen molar-refractivity contribution in [3.63, 3.8) is 0 Å². The molecule has 0 amide bonds. The highest BCUT2D eigenvalue weighted by Gasteiger charge is 2.19. The lowest BCUT2D eigenvalue weighted by atomic mass is 10.1. The van der Waals surface area contributed by atoms with E-state index in [1.54, 1.807) is 28.8 Å². The van der Waals surface area contributed by atoms with Gasteiger partial charge in [0.1, 0.15) is 17.5 Å². The lowest BCUT2D eigenvalue weighted by molar-refractivity contribution is 0.557. The van der Waals surface area contributed by atoms with E-state index in [2.05, 4.69) is 9.97 Å². The quantitative estimate of drug-likeness (QED) is 0.517. The summed E-state index contributed by atoms with van der Waals surface area (Å²) in [5.41, 5.74) is 0.492. The van der Waals surface area contributed by atoms with Gasteiger partial charge in [-0.2, -0.15) is 0 Å². The molecule has 4 aromatic rings. The van der Waals surface area contributed by atoms with Crippen LogP contribution in [0.1, 0.15) is 18.3 Å². The van der Waals surface area contributed by atoms with Crippen molar-refractivity contribution in [1.29, 1.82) is 0 Å². The molecule has 0 radical (unpaired) electrons.